The van der Waals surface area contributed by atoms with Gasteiger partial charge in [0.1, 0.15) is 23.1 Å². The number of piperidine rings is 2. The first-order chi connectivity index (χ1) is 26.1. The topological polar surface area (TPSA) is 178 Å². The van der Waals surface area contributed by atoms with Crippen LogP contribution in [-0.4, -0.2) is 90.6 Å². The number of benzene rings is 2. The summed E-state index contributed by atoms with van der Waals surface area (Å²) in [5, 5.41) is 11.2. The number of aromatic nitrogens is 4. The third-order valence-electron chi connectivity index (χ3n) is 9.61. The Labute approximate surface area is 316 Å². The monoisotopic (exact) mass is 781 g/mol. The Hall–Kier alpha value is -5.56. The Kier molecular flexibility index (Phi) is 11.7. The van der Waals surface area contributed by atoms with Crippen molar-refractivity contribution in [1.29, 1.82) is 0 Å². The number of alkyl halides is 3. The number of hydrogen-bond acceptors (Lipinski definition) is 13. The summed E-state index contributed by atoms with van der Waals surface area (Å²) in [5.74, 6) is -1.15. The van der Waals surface area contributed by atoms with E-state index >= 15 is 0 Å². The molecule has 1 atom stereocenters. The molecule has 0 spiro atoms. The summed E-state index contributed by atoms with van der Waals surface area (Å²) in [6.07, 6.45) is 2.22. The predicted molar refractivity (Wildman–Crippen MR) is 202 cm³/mol. The molecule has 0 bridgehead atoms. The third kappa shape index (κ3) is 9.96. The maximum absolute atomic E-state index is 13.9. The van der Waals surface area contributed by atoms with Gasteiger partial charge < -0.3 is 20.9 Å². The van der Waals surface area contributed by atoms with E-state index in [0.29, 0.717) is 30.8 Å². The van der Waals surface area contributed by atoms with E-state index < -0.39 is 33.6 Å². The average Bonchev–Trinajstić information content (AvgIpc) is 3.15. The van der Waals surface area contributed by atoms with Gasteiger partial charge in [-0.1, -0.05) is 12.1 Å². The van der Waals surface area contributed by atoms with Crippen molar-refractivity contribution in [2.75, 3.05) is 58.6 Å². The normalized spacial score (nSPS) is 16.9. The molecule has 2 aromatic carbocycles. The molecule has 2 amide bonds. The van der Waals surface area contributed by atoms with Gasteiger partial charge in [-0.15, -0.1) is 0 Å². The van der Waals surface area contributed by atoms with Crippen LogP contribution in [0.5, 0.6) is 0 Å². The first-order valence-electron chi connectivity index (χ1n) is 17.6. The van der Waals surface area contributed by atoms with E-state index in [0.717, 1.165) is 60.0 Å². The predicted octanol–water partition coefficient (Wildman–Crippen LogP) is 4.35. The second kappa shape index (κ2) is 16.4. The molecule has 15 nitrogen and oxygen atoms in total. The summed E-state index contributed by atoms with van der Waals surface area (Å²) < 4.78 is 66.7. The number of hydrogen-bond donors (Lipinski definition) is 4. The highest BCUT2D eigenvalue weighted by molar-refractivity contribution is 7.92. The molecule has 0 radical (unpaired) electrons. The minimum absolute atomic E-state index is 0.0278. The molecule has 4 aromatic rings. The zero-order valence-corrected chi connectivity index (χ0v) is 31.3. The maximum Gasteiger partial charge on any atom is 0.421 e. The smallest absolute Gasteiger partial charge is 0.374 e. The highest BCUT2D eigenvalue weighted by atomic mass is 32.2. The number of rotatable bonds is 13. The fourth-order valence-corrected chi connectivity index (χ4v) is 6.93. The Morgan fingerprint density at radius 1 is 0.927 bits per heavy atom. The van der Waals surface area contributed by atoms with Gasteiger partial charge in [-0.25, -0.2) is 18.4 Å². The summed E-state index contributed by atoms with van der Waals surface area (Å²) in [4.78, 5) is 44.3. The number of carbonyl (C=O) groups is 2. The van der Waals surface area contributed by atoms with Gasteiger partial charge in [-0.05, 0) is 68.3 Å². The lowest BCUT2D eigenvalue weighted by molar-refractivity contribution is -0.137. The lowest BCUT2D eigenvalue weighted by atomic mass is 10.0. The number of amides is 2. The molecule has 4 N–H and O–H groups in total. The Morgan fingerprint density at radius 3 is 2.25 bits per heavy atom. The number of sulfonamides is 1. The van der Waals surface area contributed by atoms with Gasteiger partial charge in [0.2, 0.25) is 27.8 Å². The molecule has 0 aliphatic carbocycles. The number of anilines is 6. The zero-order valence-electron chi connectivity index (χ0n) is 30.5. The van der Waals surface area contributed by atoms with Crippen molar-refractivity contribution in [2.24, 2.45) is 0 Å². The Balaban J connectivity index is 1.02. The summed E-state index contributed by atoms with van der Waals surface area (Å²) in [6, 6.07) is 15.5. The summed E-state index contributed by atoms with van der Waals surface area (Å²) in [5.41, 5.74) is 2.58. The fraction of sp³-hybridized carbons (Fsp3) is 0.389. The molecule has 2 aliphatic rings. The van der Waals surface area contributed by atoms with Crippen molar-refractivity contribution < 1.29 is 31.2 Å². The molecule has 19 heteroatoms. The SMILES string of the molecule is CN(Cc1ccc(NC2CCC(=O)NC2=O)cc1)C1CCN(c2ccc(Nc3ncc(C(F)(F)F)c(NCc4nccnc4N(C)S(C)(=O)=O)n3)cc2)CC1. The van der Waals surface area contributed by atoms with Gasteiger partial charge in [0, 0.05) is 74.8 Å². The minimum atomic E-state index is -4.76. The first-order valence-corrected chi connectivity index (χ1v) is 19.4. The average molecular weight is 782 g/mol. The number of carbonyl (C=O) groups excluding carboxylic acids is 2. The lowest BCUT2D eigenvalue weighted by Crippen LogP contribution is -2.47. The number of nitrogens with one attached hydrogen (secondary N) is 4. The van der Waals surface area contributed by atoms with Crippen LogP contribution in [0.1, 0.15) is 42.5 Å². The van der Waals surface area contributed by atoms with E-state index in [1.807, 2.05) is 48.5 Å². The highest BCUT2D eigenvalue weighted by Crippen LogP contribution is 2.35. The molecule has 4 heterocycles. The Bertz CT molecular complexity index is 2100. The van der Waals surface area contributed by atoms with Gasteiger partial charge in [0.05, 0.1) is 12.8 Å². The van der Waals surface area contributed by atoms with Crippen LogP contribution in [0.3, 0.4) is 0 Å². The van der Waals surface area contributed by atoms with Crippen LogP contribution in [0.4, 0.5) is 47.8 Å². The van der Waals surface area contributed by atoms with Crippen LogP contribution in [0, 0.1) is 0 Å². The fourth-order valence-electron chi connectivity index (χ4n) is 6.46. The molecular formula is C36H42F3N11O4S. The standard InChI is InChI=1S/C36H42F3N11O4S/c1-48(22-23-4-6-24(7-5-23)44-29-12-13-31(51)46-34(29)52)26-14-18-50(19-15-26)27-10-8-25(9-11-27)45-35-43-20-28(36(37,38)39)32(47-35)42-21-30-33(41-17-16-40-30)49(2)55(3,53)54/h4-11,16-17,20,26,29,44H,12-15,18-19,21-22H2,1-3H3,(H,46,51,52)(H2,42,43,45,47). The van der Waals surface area contributed by atoms with Gasteiger partial charge >= 0.3 is 6.18 Å². The van der Waals surface area contributed by atoms with Gasteiger partial charge in [0.15, 0.2) is 5.82 Å². The first kappa shape index (κ1) is 39.1. The summed E-state index contributed by atoms with van der Waals surface area (Å²) in [6.45, 7) is 2.18. The molecule has 6 rings (SSSR count). The van der Waals surface area contributed by atoms with Crippen LogP contribution in [0.2, 0.25) is 0 Å². The highest BCUT2D eigenvalue weighted by Gasteiger charge is 2.35. The van der Waals surface area contributed by atoms with Crippen LogP contribution < -0.4 is 30.5 Å². The van der Waals surface area contributed by atoms with Crippen LogP contribution in [0.25, 0.3) is 0 Å². The third-order valence-corrected chi connectivity index (χ3v) is 10.8. The zero-order chi connectivity index (χ0) is 39.3. The molecular weight excluding hydrogens is 740 g/mol. The minimum Gasteiger partial charge on any atom is -0.374 e. The second-order valence-electron chi connectivity index (χ2n) is 13.5. The molecule has 292 valence electrons. The molecule has 2 saturated heterocycles. The van der Waals surface area contributed by atoms with Crippen molar-refractivity contribution >= 4 is 56.5 Å². The van der Waals surface area contributed by atoms with Crippen molar-refractivity contribution in [3.05, 3.63) is 83.9 Å². The quantitative estimate of drug-likeness (QED) is 0.141. The number of nitrogens with zero attached hydrogens (tertiary/aromatic N) is 7. The van der Waals surface area contributed by atoms with Crippen LogP contribution in [-0.2, 0) is 38.9 Å². The Morgan fingerprint density at radius 2 is 1.60 bits per heavy atom. The van der Waals surface area contributed by atoms with Crippen LogP contribution in [0.15, 0.2) is 67.1 Å². The largest absolute Gasteiger partial charge is 0.421 e. The van der Waals surface area contributed by atoms with Crippen molar-refractivity contribution in [3.8, 4) is 0 Å². The van der Waals surface area contributed by atoms with E-state index in [-0.39, 0.29) is 35.8 Å². The maximum atomic E-state index is 13.9. The van der Waals surface area contributed by atoms with Crippen molar-refractivity contribution in [3.63, 3.8) is 0 Å². The van der Waals surface area contributed by atoms with E-state index in [1.54, 1.807) is 0 Å². The van der Waals surface area contributed by atoms with Crippen LogP contribution >= 0.6 is 0 Å². The van der Waals surface area contributed by atoms with Crippen molar-refractivity contribution in [2.45, 2.75) is 57.0 Å². The molecule has 55 heavy (non-hydrogen) atoms. The van der Waals surface area contributed by atoms with Gasteiger partial charge in [-0.3, -0.25) is 29.1 Å². The van der Waals surface area contributed by atoms with E-state index in [4.69, 9.17) is 0 Å². The summed E-state index contributed by atoms with van der Waals surface area (Å²) in [7, 11) is -0.307. The molecule has 0 saturated carbocycles. The van der Waals surface area contributed by atoms with Gasteiger partial charge in [0.25, 0.3) is 0 Å². The lowest BCUT2D eigenvalue weighted by Gasteiger charge is -2.38. The van der Waals surface area contributed by atoms with Crippen molar-refractivity contribution in [1.82, 2.24) is 30.2 Å². The molecule has 2 fully saturated rings. The summed E-state index contributed by atoms with van der Waals surface area (Å²) >= 11 is 0. The molecule has 1 unspecified atom stereocenters. The molecule has 2 aromatic heterocycles. The van der Waals surface area contributed by atoms with Gasteiger partial charge in [-0.2, -0.15) is 18.2 Å². The molecule has 2 aliphatic heterocycles. The van der Waals surface area contributed by atoms with E-state index in [1.165, 1.54) is 19.4 Å². The van der Waals surface area contributed by atoms with E-state index in [2.05, 4.69) is 58.1 Å². The second-order valence-corrected chi connectivity index (χ2v) is 15.5. The number of imide groups is 1. The number of halogens is 3. The van der Waals surface area contributed by atoms with E-state index in [9.17, 15) is 31.2 Å².